The highest BCUT2D eigenvalue weighted by Gasteiger charge is 2.36. The molecular weight excluding hydrogens is 324 g/mol. The average Bonchev–Trinajstić information content (AvgIpc) is 3.00. The number of hydrogen-bond acceptors (Lipinski definition) is 3. The van der Waals surface area contributed by atoms with Gasteiger partial charge in [-0.15, -0.1) is 11.3 Å². The van der Waals surface area contributed by atoms with Crippen LogP contribution < -0.4 is 0 Å². The largest absolute Gasteiger partial charge is 0.464 e. The summed E-state index contributed by atoms with van der Waals surface area (Å²) in [7, 11) is 0. The van der Waals surface area contributed by atoms with Gasteiger partial charge in [0.05, 0.1) is 6.20 Å². The first-order valence-electron chi connectivity index (χ1n) is 5.84. The van der Waals surface area contributed by atoms with E-state index in [9.17, 15) is 22.4 Å². The van der Waals surface area contributed by atoms with Crippen LogP contribution in [0.5, 0.6) is 0 Å². The Morgan fingerprint density at radius 3 is 2.68 bits per heavy atom. The number of hydrogen-bond donors (Lipinski definition) is 1. The van der Waals surface area contributed by atoms with Gasteiger partial charge in [-0.05, 0) is 17.5 Å². The molecule has 0 radical (unpaired) electrons. The zero-order valence-electron chi connectivity index (χ0n) is 10.6. The number of pyridine rings is 1. The molecule has 4 nitrogen and oxygen atoms in total. The second-order valence-electron chi connectivity index (χ2n) is 4.38. The minimum absolute atomic E-state index is 0.00583. The van der Waals surface area contributed by atoms with Gasteiger partial charge < -0.3 is 5.11 Å². The van der Waals surface area contributed by atoms with Crippen LogP contribution in [0, 0.1) is 5.82 Å². The van der Waals surface area contributed by atoms with Crippen molar-refractivity contribution in [3.8, 4) is 11.1 Å². The van der Waals surface area contributed by atoms with Crippen LogP contribution in [-0.2, 0) is 6.18 Å². The molecule has 0 saturated heterocycles. The fourth-order valence-electron chi connectivity index (χ4n) is 2.18. The first-order chi connectivity index (χ1) is 10.3. The summed E-state index contributed by atoms with van der Waals surface area (Å²) in [6.07, 6.45) is -4.18. The molecule has 0 atom stereocenters. The summed E-state index contributed by atoms with van der Waals surface area (Å²) < 4.78 is 53.1. The number of thiophene rings is 1. The zero-order chi connectivity index (χ0) is 16.1. The van der Waals surface area contributed by atoms with Crippen LogP contribution >= 0.6 is 11.3 Å². The lowest BCUT2D eigenvalue weighted by molar-refractivity contribution is -0.133. The normalized spacial score (nSPS) is 12.0. The molecule has 3 rings (SSSR count). The first kappa shape index (κ1) is 14.5. The molecule has 9 heteroatoms. The Hall–Kier alpha value is -2.42. The molecule has 3 heterocycles. The lowest BCUT2D eigenvalue weighted by Crippen LogP contribution is -2.06. The van der Waals surface area contributed by atoms with E-state index in [1.807, 2.05) is 0 Å². The number of carbonyl (C=O) groups is 1. The monoisotopic (exact) mass is 330 g/mol. The molecule has 22 heavy (non-hydrogen) atoms. The lowest BCUT2D eigenvalue weighted by Gasteiger charge is -2.06. The molecule has 3 aromatic rings. The number of fused-ring (bicyclic) bond motifs is 1. The molecule has 0 spiro atoms. The van der Waals surface area contributed by atoms with Crippen LogP contribution in [0.3, 0.4) is 0 Å². The van der Waals surface area contributed by atoms with Gasteiger partial charge in [0, 0.05) is 22.7 Å². The number of alkyl halides is 3. The Morgan fingerprint density at radius 1 is 1.32 bits per heavy atom. The summed E-state index contributed by atoms with van der Waals surface area (Å²) >= 11 is 0.486. The third-order valence-electron chi connectivity index (χ3n) is 3.03. The van der Waals surface area contributed by atoms with Crippen LogP contribution in [0.4, 0.5) is 22.4 Å². The van der Waals surface area contributed by atoms with Gasteiger partial charge in [0.2, 0.25) is 0 Å². The van der Waals surface area contributed by atoms with Crippen molar-refractivity contribution in [3.05, 3.63) is 40.6 Å². The molecule has 3 aromatic heterocycles. The highest BCUT2D eigenvalue weighted by Crippen LogP contribution is 2.43. The summed E-state index contributed by atoms with van der Waals surface area (Å²) in [5.74, 6) is -0.763. The highest BCUT2D eigenvalue weighted by atomic mass is 32.1. The van der Waals surface area contributed by atoms with E-state index in [-0.39, 0.29) is 22.2 Å². The molecule has 0 bridgehead atoms. The predicted molar refractivity (Wildman–Crippen MR) is 71.4 cm³/mol. The maximum Gasteiger partial charge on any atom is 0.426 e. The first-order valence-corrected chi connectivity index (χ1v) is 6.72. The fraction of sp³-hybridized carbons (Fsp3) is 0.0769. The number of carboxylic acid groups (broad SMARTS) is 1. The van der Waals surface area contributed by atoms with Crippen molar-refractivity contribution in [2.45, 2.75) is 6.18 Å². The lowest BCUT2D eigenvalue weighted by atomic mass is 10.1. The van der Waals surface area contributed by atoms with Crippen LogP contribution in [0.2, 0.25) is 0 Å². The van der Waals surface area contributed by atoms with E-state index in [0.29, 0.717) is 15.9 Å². The van der Waals surface area contributed by atoms with Crippen molar-refractivity contribution < 1.29 is 27.5 Å². The van der Waals surface area contributed by atoms with Crippen LogP contribution in [0.1, 0.15) is 4.88 Å². The molecule has 0 unspecified atom stereocenters. The van der Waals surface area contributed by atoms with Crippen LogP contribution in [0.15, 0.2) is 29.9 Å². The molecule has 0 amide bonds. The van der Waals surface area contributed by atoms with Crippen molar-refractivity contribution in [2.75, 3.05) is 0 Å². The molecular formula is C13H6F4N2O2S. The molecule has 1 N–H and O–H groups in total. The Morgan fingerprint density at radius 2 is 2.05 bits per heavy atom. The van der Waals surface area contributed by atoms with Gasteiger partial charge in [-0.1, -0.05) is 0 Å². The minimum Gasteiger partial charge on any atom is -0.464 e. The summed E-state index contributed by atoms with van der Waals surface area (Å²) in [6.45, 7) is 0. The number of rotatable bonds is 1. The van der Waals surface area contributed by atoms with Crippen LogP contribution in [-0.4, -0.2) is 20.8 Å². The van der Waals surface area contributed by atoms with Crippen molar-refractivity contribution in [1.29, 1.82) is 0 Å². The summed E-state index contributed by atoms with van der Waals surface area (Å²) in [4.78, 5) is 14.0. The van der Waals surface area contributed by atoms with Gasteiger partial charge in [0.25, 0.3) is 0 Å². The Labute approximate surface area is 124 Å². The predicted octanol–water partition coefficient (Wildman–Crippen LogP) is 4.45. The van der Waals surface area contributed by atoms with Gasteiger partial charge in [0.1, 0.15) is 16.3 Å². The van der Waals surface area contributed by atoms with E-state index in [4.69, 9.17) is 5.11 Å². The fourth-order valence-corrected chi connectivity index (χ4v) is 2.96. The average molecular weight is 330 g/mol. The van der Waals surface area contributed by atoms with Crippen LogP contribution in [0.25, 0.3) is 22.2 Å². The Kier molecular flexibility index (Phi) is 3.17. The van der Waals surface area contributed by atoms with E-state index in [2.05, 4.69) is 4.98 Å². The molecule has 0 fully saturated rings. The van der Waals surface area contributed by atoms with E-state index < -0.39 is 23.0 Å². The topological polar surface area (TPSA) is 55.1 Å². The van der Waals surface area contributed by atoms with Gasteiger partial charge in [-0.3, -0.25) is 0 Å². The maximum atomic E-state index is 13.4. The van der Waals surface area contributed by atoms with Crippen molar-refractivity contribution in [2.24, 2.45) is 0 Å². The molecule has 114 valence electrons. The number of aromatic nitrogens is 2. The van der Waals surface area contributed by atoms with Crippen molar-refractivity contribution in [3.63, 3.8) is 0 Å². The van der Waals surface area contributed by atoms with E-state index >= 15 is 0 Å². The van der Waals surface area contributed by atoms with E-state index in [1.54, 1.807) is 0 Å². The minimum atomic E-state index is -4.58. The standard InChI is InChI=1S/C13H6F4N2O2S/c14-6-3-8-9(5-19(12(20)21)11(8)18-4-6)7-1-2-22-10(7)13(15,16)17/h1-5H,(H,20,21). The van der Waals surface area contributed by atoms with Gasteiger partial charge in [-0.25, -0.2) is 18.7 Å². The molecule has 0 aromatic carbocycles. The smallest absolute Gasteiger partial charge is 0.426 e. The zero-order valence-corrected chi connectivity index (χ0v) is 11.4. The van der Waals surface area contributed by atoms with Crippen molar-refractivity contribution in [1.82, 2.24) is 9.55 Å². The molecule has 0 aliphatic carbocycles. The van der Waals surface area contributed by atoms with E-state index in [1.165, 1.54) is 11.4 Å². The second-order valence-corrected chi connectivity index (χ2v) is 5.30. The molecule has 0 aliphatic rings. The van der Waals surface area contributed by atoms with Crippen molar-refractivity contribution >= 4 is 28.5 Å². The summed E-state index contributed by atoms with van der Waals surface area (Å²) in [5.41, 5.74) is -0.351. The summed E-state index contributed by atoms with van der Waals surface area (Å²) in [5, 5.41) is 10.4. The quantitative estimate of drug-likeness (QED) is 0.671. The third-order valence-corrected chi connectivity index (χ3v) is 3.99. The molecule has 0 saturated carbocycles. The summed E-state index contributed by atoms with van der Waals surface area (Å²) in [6, 6.07) is 2.19. The second kappa shape index (κ2) is 4.80. The van der Waals surface area contributed by atoms with Gasteiger partial charge >= 0.3 is 12.3 Å². The number of nitrogens with zero attached hydrogens (tertiary/aromatic N) is 2. The number of halogens is 4. The molecule has 0 aliphatic heterocycles. The highest BCUT2D eigenvalue weighted by molar-refractivity contribution is 7.10. The third kappa shape index (κ3) is 2.23. The van der Waals surface area contributed by atoms with E-state index in [0.717, 1.165) is 18.5 Å². The maximum absolute atomic E-state index is 13.4. The SMILES string of the molecule is O=C(O)n1cc(-c2ccsc2C(F)(F)F)c2cc(F)cnc21. The Bertz CT molecular complexity index is 882. The van der Waals surface area contributed by atoms with Gasteiger partial charge in [-0.2, -0.15) is 13.2 Å². The van der Waals surface area contributed by atoms with Gasteiger partial charge in [0.15, 0.2) is 0 Å². The Balaban J connectivity index is 2.35.